The molecule has 134 valence electrons. The normalized spacial score (nSPS) is 15.3. The van der Waals surface area contributed by atoms with Crippen LogP contribution in [0.1, 0.15) is 12.0 Å². The Labute approximate surface area is 144 Å². The molecule has 0 saturated carbocycles. The highest BCUT2D eigenvalue weighted by Crippen LogP contribution is 2.11. The number of hydrogen-bond donors (Lipinski definition) is 1. The van der Waals surface area contributed by atoms with Crippen LogP contribution in [0.5, 0.6) is 5.75 Å². The van der Waals surface area contributed by atoms with Crippen molar-refractivity contribution in [2.24, 2.45) is 0 Å². The van der Waals surface area contributed by atoms with E-state index in [9.17, 15) is 4.79 Å². The molecule has 1 fully saturated rings. The first kappa shape index (κ1) is 18.5. The average molecular weight is 335 g/mol. The maximum Gasteiger partial charge on any atom is 0.317 e. The van der Waals surface area contributed by atoms with Crippen LogP contribution in [0, 0.1) is 0 Å². The third-order valence-corrected chi connectivity index (χ3v) is 4.33. The molecule has 1 heterocycles. The number of methoxy groups -OCH3 is 2. The lowest BCUT2D eigenvalue weighted by molar-refractivity contribution is 0.125. The van der Waals surface area contributed by atoms with E-state index in [4.69, 9.17) is 9.47 Å². The minimum Gasteiger partial charge on any atom is -0.497 e. The summed E-state index contributed by atoms with van der Waals surface area (Å²) in [7, 11) is 3.39. The van der Waals surface area contributed by atoms with Crippen molar-refractivity contribution >= 4 is 6.03 Å². The Bertz CT molecular complexity index is 485. The van der Waals surface area contributed by atoms with Crippen LogP contribution < -0.4 is 10.1 Å². The van der Waals surface area contributed by atoms with Crippen LogP contribution in [0.15, 0.2) is 24.3 Å². The van der Waals surface area contributed by atoms with Gasteiger partial charge in [0, 0.05) is 53.0 Å². The molecule has 24 heavy (non-hydrogen) atoms. The second kappa shape index (κ2) is 10.2. The van der Waals surface area contributed by atoms with Gasteiger partial charge in [-0.15, -0.1) is 0 Å². The SMILES string of the molecule is COCCCN1CCN(C(=O)NCCc2ccc(OC)cc2)CC1. The molecule has 2 rings (SSSR count). The summed E-state index contributed by atoms with van der Waals surface area (Å²) >= 11 is 0. The van der Waals surface area contributed by atoms with Crippen molar-refractivity contribution in [3.05, 3.63) is 29.8 Å². The van der Waals surface area contributed by atoms with E-state index < -0.39 is 0 Å². The van der Waals surface area contributed by atoms with E-state index in [1.54, 1.807) is 14.2 Å². The van der Waals surface area contributed by atoms with Crippen molar-refractivity contribution in [1.82, 2.24) is 15.1 Å². The molecule has 1 aliphatic rings. The summed E-state index contributed by atoms with van der Waals surface area (Å²) in [5.74, 6) is 0.853. The quantitative estimate of drug-likeness (QED) is 0.733. The van der Waals surface area contributed by atoms with Crippen LogP contribution in [-0.4, -0.2) is 75.9 Å². The molecule has 0 aliphatic carbocycles. The number of benzene rings is 1. The molecule has 0 spiro atoms. The predicted octanol–water partition coefficient (Wildman–Crippen LogP) is 1.60. The lowest BCUT2D eigenvalue weighted by Crippen LogP contribution is -2.52. The fraction of sp³-hybridized carbons (Fsp3) is 0.611. The number of carbonyl (C=O) groups is 1. The Morgan fingerprint density at radius 3 is 2.46 bits per heavy atom. The summed E-state index contributed by atoms with van der Waals surface area (Å²) in [5.41, 5.74) is 1.19. The van der Waals surface area contributed by atoms with E-state index >= 15 is 0 Å². The predicted molar refractivity (Wildman–Crippen MR) is 94.6 cm³/mol. The van der Waals surface area contributed by atoms with Gasteiger partial charge in [-0.3, -0.25) is 4.90 Å². The molecule has 0 bridgehead atoms. The molecule has 1 aromatic rings. The zero-order valence-electron chi connectivity index (χ0n) is 14.8. The smallest absolute Gasteiger partial charge is 0.317 e. The van der Waals surface area contributed by atoms with Gasteiger partial charge in [-0.1, -0.05) is 12.1 Å². The fourth-order valence-corrected chi connectivity index (χ4v) is 2.82. The molecular weight excluding hydrogens is 306 g/mol. The molecular formula is C18H29N3O3. The molecule has 1 saturated heterocycles. The van der Waals surface area contributed by atoms with Crippen LogP contribution in [0.25, 0.3) is 0 Å². The molecule has 1 N–H and O–H groups in total. The van der Waals surface area contributed by atoms with Gasteiger partial charge in [0.15, 0.2) is 0 Å². The summed E-state index contributed by atoms with van der Waals surface area (Å²) in [6, 6.07) is 7.99. The van der Waals surface area contributed by atoms with Crippen molar-refractivity contribution < 1.29 is 14.3 Å². The number of nitrogens with zero attached hydrogens (tertiary/aromatic N) is 2. The largest absolute Gasteiger partial charge is 0.497 e. The first-order valence-electron chi connectivity index (χ1n) is 8.60. The van der Waals surface area contributed by atoms with Crippen molar-refractivity contribution in [2.75, 3.05) is 60.1 Å². The van der Waals surface area contributed by atoms with Crippen molar-refractivity contribution in [3.63, 3.8) is 0 Å². The minimum absolute atomic E-state index is 0.0417. The lowest BCUT2D eigenvalue weighted by Gasteiger charge is -2.34. The topological polar surface area (TPSA) is 54.0 Å². The van der Waals surface area contributed by atoms with Gasteiger partial charge in [0.25, 0.3) is 0 Å². The summed E-state index contributed by atoms with van der Waals surface area (Å²) in [6.07, 6.45) is 1.87. The Kier molecular flexibility index (Phi) is 7.85. The Balaban J connectivity index is 1.62. The average Bonchev–Trinajstić information content (AvgIpc) is 2.63. The van der Waals surface area contributed by atoms with Gasteiger partial charge in [0.1, 0.15) is 5.75 Å². The number of piperazine rings is 1. The van der Waals surface area contributed by atoms with Crippen LogP contribution in [0.4, 0.5) is 4.79 Å². The highest BCUT2D eigenvalue weighted by atomic mass is 16.5. The molecule has 6 nitrogen and oxygen atoms in total. The zero-order chi connectivity index (χ0) is 17.2. The molecule has 2 amide bonds. The van der Waals surface area contributed by atoms with Gasteiger partial charge in [-0.2, -0.15) is 0 Å². The van der Waals surface area contributed by atoms with Crippen LogP contribution >= 0.6 is 0 Å². The summed E-state index contributed by atoms with van der Waals surface area (Å²) < 4.78 is 10.2. The molecule has 1 aromatic carbocycles. The summed E-state index contributed by atoms with van der Waals surface area (Å²) in [4.78, 5) is 16.5. The number of carbonyl (C=O) groups excluding carboxylic acids is 1. The summed E-state index contributed by atoms with van der Waals surface area (Å²) in [5, 5.41) is 3.01. The van der Waals surface area contributed by atoms with Gasteiger partial charge in [0.2, 0.25) is 0 Å². The van der Waals surface area contributed by atoms with Gasteiger partial charge >= 0.3 is 6.03 Å². The van der Waals surface area contributed by atoms with E-state index in [1.807, 2.05) is 29.2 Å². The van der Waals surface area contributed by atoms with E-state index in [2.05, 4.69) is 10.2 Å². The van der Waals surface area contributed by atoms with Crippen LogP contribution in [0.3, 0.4) is 0 Å². The van der Waals surface area contributed by atoms with E-state index in [0.29, 0.717) is 6.54 Å². The van der Waals surface area contributed by atoms with Crippen molar-refractivity contribution in [2.45, 2.75) is 12.8 Å². The number of amides is 2. The molecule has 0 radical (unpaired) electrons. The number of hydrogen-bond acceptors (Lipinski definition) is 4. The Morgan fingerprint density at radius 1 is 1.12 bits per heavy atom. The third kappa shape index (κ3) is 6.02. The fourth-order valence-electron chi connectivity index (χ4n) is 2.82. The van der Waals surface area contributed by atoms with Crippen LogP contribution in [-0.2, 0) is 11.2 Å². The van der Waals surface area contributed by atoms with Gasteiger partial charge < -0.3 is 19.7 Å². The van der Waals surface area contributed by atoms with Crippen molar-refractivity contribution in [3.8, 4) is 5.75 Å². The number of urea groups is 1. The lowest BCUT2D eigenvalue weighted by atomic mass is 10.1. The third-order valence-electron chi connectivity index (χ3n) is 4.33. The first-order chi connectivity index (χ1) is 11.7. The van der Waals surface area contributed by atoms with Crippen molar-refractivity contribution in [1.29, 1.82) is 0 Å². The monoisotopic (exact) mass is 335 g/mol. The van der Waals surface area contributed by atoms with E-state index in [1.165, 1.54) is 5.56 Å². The molecule has 0 atom stereocenters. The van der Waals surface area contributed by atoms with E-state index in [-0.39, 0.29) is 6.03 Å². The van der Waals surface area contributed by atoms with Gasteiger partial charge in [-0.25, -0.2) is 4.79 Å². The minimum atomic E-state index is 0.0417. The maximum absolute atomic E-state index is 12.2. The first-order valence-corrected chi connectivity index (χ1v) is 8.60. The van der Waals surface area contributed by atoms with Crippen LogP contribution in [0.2, 0.25) is 0 Å². The van der Waals surface area contributed by atoms with E-state index in [0.717, 1.165) is 57.9 Å². The number of rotatable bonds is 8. The summed E-state index contributed by atoms with van der Waals surface area (Å²) in [6.45, 7) is 5.96. The zero-order valence-corrected chi connectivity index (χ0v) is 14.8. The highest BCUT2D eigenvalue weighted by molar-refractivity contribution is 5.74. The highest BCUT2D eigenvalue weighted by Gasteiger charge is 2.20. The molecule has 6 heteroatoms. The Morgan fingerprint density at radius 2 is 1.83 bits per heavy atom. The molecule has 1 aliphatic heterocycles. The number of nitrogens with one attached hydrogen (secondary N) is 1. The molecule has 0 aromatic heterocycles. The van der Waals surface area contributed by atoms with Gasteiger partial charge in [-0.05, 0) is 30.5 Å². The Hall–Kier alpha value is -1.79. The molecule has 0 unspecified atom stereocenters. The second-order valence-corrected chi connectivity index (χ2v) is 6.01. The number of ether oxygens (including phenoxy) is 2. The standard InChI is InChI=1S/C18H29N3O3/c1-23-15-3-10-20-11-13-21(14-12-20)18(22)19-9-8-16-4-6-17(24-2)7-5-16/h4-7H,3,8-15H2,1-2H3,(H,19,22). The maximum atomic E-state index is 12.2. The second-order valence-electron chi connectivity index (χ2n) is 6.01. The van der Waals surface area contributed by atoms with Gasteiger partial charge in [0.05, 0.1) is 7.11 Å².